The SMILES string of the molecule is Cc1cccc([C@H](C)NCc2ccc(C(C)(C)C)cc2)c1. The molecule has 0 heterocycles. The molecule has 2 aromatic carbocycles. The van der Waals surface area contributed by atoms with E-state index in [0.29, 0.717) is 6.04 Å². The fourth-order valence-electron chi connectivity index (χ4n) is 2.45. The number of benzene rings is 2. The van der Waals surface area contributed by atoms with Gasteiger partial charge in [0.15, 0.2) is 0 Å². The minimum absolute atomic E-state index is 0.223. The Morgan fingerprint density at radius 1 is 1.00 bits per heavy atom. The molecule has 0 aliphatic carbocycles. The second-order valence-corrected chi connectivity index (χ2v) is 6.96. The van der Waals surface area contributed by atoms with Crippen molar-refractivity contribution in [3.05, 3.63) is 70.8 Å². The van der Waals surface area contributed by atoms with Gasteiger partial charge in [-0.15, -0.1) is 0 Å². The zero-order chi connectivity index (χ0) is 15.5. The van der Waals surface area contributed by atoms with Gasteiger partial charge in [-0.2, -0.15) is 0 Å². The Morgan fingerprint density at radius 2 is 1.67 bits per heavy atom. The molecule has 1 atom stereocenters. The average molecular weight is 281 g/mol. The van der Waals surface area contributed by atoms with Crippen LogP contribution in [-0.4, -0.2) is 0 Å². The van der Waals surface area contributed by atoms with Crippen LogP contribution in [0, 0.1) is 6.92 Å². The van der Waals surface area contributed by atoms with Gasteiger partial charge >= 0.3 is 0 Å². The maximum atomic E-state index is 3.60. The lowest BCUT2D eigenvalue weighted by Crippen LogP contribution is -2.18. The highest BCUT2D eigenvalue weighted by atomic mass is 14.9. The van der Waals surface area contributed by atoms with Crippen LogP contribution in [0.2, 0.25) is 0 Å². The topological polar surface area (TPSA) is 12.0 Å². The van der Waals surface area contributed by atoms with Gasteiger partial charge in [-0.05, 0) is 36.0 Å². The fraction of sp³-hybridized carbons (Fsp3) is 0.400. The molecular weight excluding hydrogens is 254 g/mol. The molecule has 0 radical (unpaired) electrons. The quantitative estimate of drug-likeness (QED) is 0.818. The monoisotopic (exact) mass is 281 g/mol. The van der Waals surface area contributed by atoms with Crippen molar-refractivity contribution in [1.82, 2.24) is 5.32 Å². The maximum absolute atomic E-state index is 3.60. The van der Waals surface area contributed by atoms with Crippen LogP contribution in [-0.2, 0) is 12.0 Å². The molecule has 2 aromatic rings. The molecule has 0 fully saturated rings. The minimum atomic E-state index is 0.223. The molecule has 0 saturated heterocycles. The Kier molecular flexibility index (Phi) is 4.84. The molecule has 0 aromatic heterocycles. The molecule has 2 rings (SSSR count). The molecular formula is C20H27N. The Bertz CT molecular complexity index is 576. The smallest absolute Gasteiger partial charge is 0.0295 e. The Morgan fingerprint density at radius 3 is 2.24 bits per heavy atom. The number of hydrogen-bond acceptors (Lipinski definition) is 1. The van der Waals surface area contributed by atoms with E-state index in [-0.39, 0.29) is 5.41 Å². The molecule has 0 unspecified atom stereocenters. The second kappa shape index (κ2) is 6.44. The molecule has 0 bridgehead atoms. The summed E-state index contributed by atoms with van der Waals surface area (Å²) in [4.78, 5) is 0. The van der Waals surface area contributed by atoms with Gasteiger partial charge in [-0.3, -0.25) is 0 Å². The van der Waals surface area contributed by atoms with E-state index in [9.17, 15) is 0 Å². The van der Waals surface area contributed by atoms with Crippen molar-refractivity contribution in [2.45, 2.75) is 52.6 Å². The lowest BCUT2D eigenvalue weighted by molar-refractivity contribution is 0.571. The second-order valence-electron chi connectivity index (χ2n) is 6.96. The van der Waals surface area contributed by atoms with E-state index in [1.165, 1.54) is 22.3 Å². The van der Waals surface area contributed by atoms with E-state index in [0.717, 1.165) is 6.54 Å². The molecule has 1 N–H and O–H groups in total. The number of rotatable bonds is 4. The lowest BCUT2D eigenvalue weighted by Gasteiger charge is -2.20. The van der Waals surface area contributed by atoms with Crippen LogP contribution in [0.4, 0.5) is 0 Å². The summed E-state index contributed by atoms with van der Waals surface area (Å²) in [6.07, 6.45) is 0. The van der Waals surface area contributed by atoms with Crippen LogP contribution in [0.25, 0.3) is 0 Å². The first-order chi connectivity index (χ1) is 9.86. The normalized spacial score (nSPS) is 13.2. The fourth-order valence-corrected chi connectivity index (χ4v) is 2.45. The maximum Gasteiger partial charge on any atom is 0.0295 e. The standard InChI is InChI=1S/C20H27N/c1-15-7-6-8-18(13-15)16(2)21-14-17-9-11-19(12-10-17)20(3,4)5/h6-13,16,21H,14H2,1-5H3/t16-/m0/s1. The van der Waals surface area contributed by atoms with Crippen molar-refractivity contribution in [3.8, 4) is 0 Å². The Labute approximate surface area is 129 Å². The molecule has 21 heavy (non-hydrogen) atoms. The van der Waals surface area contributed by atoms with Gasteiger partial charge in [0.05, 0.1) is 0 Å². The third-order valence-corrected chi connectivity index (χ3v) is 3.97. The van der Waals surface area contributed by atoms with Gasteiger partial charge in [0.1, 0.15) is 0 Å². The summed E-state index contributed by atoms with van der Waals surface area (Å²) in [5.41, 5.74) is 5.61. The van der Waals surface area contributed by atoms with Crippen molar-refractivity contribution in [3.63, 3.8) is 0 Å². The van der Waals surface area contributed by atoms with Crippen LogP contribution >= 0.6 is 0 Å². The van der Waals surface area contributed by atoms with E-state index in [1.54, 1.807) is 0 Å². The number of aryl methyl sites for hydroxylation is 1. The average Bonchev–Trinajstić information content (AvgIpc) is 2.44. The highest BCUT2D eigenvalue weighted by Crippen LogP contribution is 2.22. The predicted octanol–water partition coefficient (Wildman–Crippen LogP) is 5.14. The zero-order valence-electron chi connectivity index (χ0n) is 13.9. The van der Waals surface area contributed by atoms with Crippen LogP contribution in [0.3, 0.4) is 0 Å². The summed E-state index contributed by atoms with van der Waals surface area (Å²) in [7, 11) is 0. The van der Waals surface area contributed by atoms with E-state index >= 15 is 0 Å². The zero-order valence-corrected chi connectivity index (χ0v) is 13.9. The molecule has 1 heteroatoms. The summed E-state index contributed by atoms with van der Waals surface area (Å²) in [6, 6.07) is 18.0. The molecule has 1 nitrogen and oxygen atoms in total. The predicted molar refractivity (Wildman–Crippen MR) is 91.6 cm³/mol. The summed E-state index contributed by atoms with van der Waals surface area (Å²) in [5.74, 6) is 0. The van der Waals surface area contributed by atoms with E-state index in [4.69, 9.17) is 0 Å². The van der Waals surface area contributed by atoms with Crippen molar-refractivity contribution < 1.29 is 0 Å². The van der Waals surface area contributed by atoms with E-state index in [1.807, 2.05) is 0 Å². The summed E-state index contributed by atoms with van der Waals surface area (Å²) < 4.78 is 0. The Hall–Kier alpha value is -1.60. The van der Waals surface area contributed by atoms with Crippen LogP contribution in [0.1, 0.15) is 56.0 Å². The summed E-state index contributed by atoms with van der Waals surface area (Å²) in [5, 5.41) is 3.60. The first-order valence-corrected chi connectivity index (χ1v) is 7.75. The van der Waals surface area contributed by atoms with Gasteiger partial charge in [-0.25, -0.2) is 0 Å². The molecule has 0 aliphatic rings. The molecule has 0 spiro atoms. The van der Waals surface area contributed by atoms with Crippen molar-refractivity contribution in [1.29, 1.82) is 0 Å². The van der Waals surface area contributed by atoms with Crippen molar-refractivity contribution in [2.24, 2.45) is 0 Å². The molecule has 0 amide bonds. The largest absolute Gasteiger partial charge is 0.306 e. The number of nitrogens with one attached hydrogen (secondary N) is 1. The molecule has 112 valence electrons. The molecule has 0 saturated carbocycles. The minimum Gasteiger partial charge on any atom is -0.306 e. The van der Waals surface area contributed by atoms with Gasteiger partial charge in [0.2, 0.25) is 0 Å². The lowest BCUT2D eigenvalue weighted by atomic mass is 9.87. The van der Waals surface area contributed by atoms with Crippen LogP contribution in [0.5, 0.6) is 0 Å². The van der Waals surface area contributed by atoms with E-state index in [2.05, 4.69) is 88.5 Å². The van der Waals surface area contributed by atoms with Gasteiger partial charge in [0.25, 0.3) is 0 Å². The first-order valence-electron chi connectivity index (χ1n) is 7.75. The first kappa shape index (κ1) is 15.8. The van der Waals surface area contributed by atoms with Crippen LogP contribution < -0.4 is 5.32 Å². The highest BCUT2D eigenvalue weighted by molar-refractivity contribution is 5.28. The van der Waals surface area contributed by atoms with Gasteiger partial charge in [0, 0.05) is 12.6 Å². The summed E-state index contributed by atoms with van der Waals surface area (Å²) in [6.45, 7) is 12.0. The van der Waals surface area contributed by atoms with E-state index < -0.39 is 0 Å². The van der Waals surface area contributed by atoms with Crippen molar-refractivity contribution >= 4 is 0 Å². The summed E-state index contributed by atoms with van der Waals surface area (Å²) >= 11 is 0. The van der Waals surface area contributed by atoms with Gasteiger partial charge < -0.3 is 5.32 Å². The van der Waals surface area contributed by atoms with Crippen LogP contribution in [0.15, 0.2) is 48.5 Å². The highest BCUT2D eigenvalue weighted by Gasteiger charge is 2.13. The van der Waals surface area contributed by atoms with Gasteiger partial charge in [-0.1, -0.05) is 74.9 Å². The third kappa shape index (κ3) is 4.44. The Balaban J connectivity index is 1.97. The molecule has 0 aliphatic heterocycles. The van der Waals surface area contributed by atoms with Crippen molar-refractivity contribution in [2.75, 3.05) is 0 Å². The third-order valence-electron chi connectivity index (χ3n) is 3.97. The number of hydrogen-bond donors (Lipinski definition) is 1.